The lowest BCUT2D eigenvalue weighted by Crippen LogP contribution is -2.30. The molecular weight excluding hydrogens is 419 g/mol. The molecule has 0 spiro atoms. The van der Waals surface area contributed by atoms with Crippen LogP contribution in [0.1, 0.15) is 27.6 Å². The number of hydrogen-bond acceptors (Lipinski definition) is 4. The number of methoxy groups -OCH3 is 1. The fraction of sp³-hybridized carbons (Fsp3) is 0.150. The number of ether oxygens (including phenoxy) is 1. The van der Waals surface area contributed by atoms with Crippen LogP contribution in [0.3, 0.4) is 0 Å². The molecule has 3 N–H and O–H groups in total. The van der Waals surface area contributed by atoms with Gasteiger partial charge in [0, 0.05) is 34.6 Å². The fourth-order valence-corrected chi connectivity index (χ4v) is 3.47. The molecule has 1 atom stereocenters. The Kier molecular flexibility index (Phi) is 6.22. The van der Waals surface area contributed by atoms with E-state index in [2.05, 4.69) is 10.3 Å². The predicted molar refractivity (Wildman–Crippen MR) is 110 cm³/mol. The summed E-state index contributed by atoms with van der Waals surface area (Å²) < 4.78 is 5.29. The van der Waals surface area contributed by atoms with E-state index in [4.69, 9.17) is 33.0 Å². The quantitative estimate of drug-likeness (QED) is 0.549. The van der Waals surface area contributed by atoms with Gasteiger partial charge in [0.25, 0.3) is 11.5 Å². The van der Waals surface area contributed by atoms with Gasteiger partial charge in [-0.15, -0.1) is 0 Å². The molecule has 1 heterocycles. The summed E-state index contributed by atoms with van der Waals surface area (Å²) >= 11 is 12.3. The molecule has 3 rings (SSSR count). The molecule has 0 saturated heterocycles. The molecule has 9 heteroatoms. The van der Waals surface area contributed by atoms with Crippen LogP contribution in [0.4, 0.5) is 0 Å². The molecular formula is C20H16Cl2N2O5. The summed E-state index contributed by atoms with van der Waals surface area (Å²) in [5.74, 6) is -1.77. The molecule has 0 saturated carbocycles. The van der Waals surface area contributed by atoms with E-state index in [0.29, 0.717) is 32.1 Å². The number of aromatic nitrogens is 1. The molecule has 150 valence electrons. The number of carboxylic acid groups (broad SMARTS) is 1. The highest BCUT2D eigenvalue weighted by Gasteiger charge is 2.22. The topological polar surface area (TPSA) is 108 Å². The highest BCUT2D eigenvalue weighted by molar-refractivity contribution is 6.32. The average molecular weight is 435 g/mol. The van der Waals surface area contributed by atoms with Gasteiger partial charge in [-0.2, -0.15) is 0 Å². The van der Waals surface area contributed by atoms with Crippen molar-refractivity contribution in [3.05, 3.63) is 79.6 Å². The van der Waals surface area contributed by atoms with Crippen molar-refractivity contribution in [2.45, 2.75) is 12.6 Å². The number of rotatable bonds is 6. The van der Waals surface area contributed by atoms with E-state index in [9.17, 15) is 14.4 Å². The number of halogens is 2. The van der Waals surface area contributed by atoms with Crippen LogP contribution in [-0.4, -0.2) is 29.1 Å². The standard InChI is InChI=1S/C20H16Cl2N2O5/c1-29-17(13-4-2-3-5-15(13)22)19(26)23-9-11-7-12(21)6-10-8-14(20(27)28)18(25)24-16(10)11/h2-8,17H,9H2,1H3,(H,23,26)(H,24,25)(H,27,28). The SMILES string of the molecule is COC(C(=O)NCc1cc(Cl)cc2cc(C(=O)O)c(=O)[nH]c12)c1ccccc1Cl. The number of carbonyl (C=O) groups excluding carboxylic acids is 1. The van der Waals surface area contributed by atoms with Gasteiger partial charge < -0.3 is 20.1 Å². The number of benzene rings is 2. The van der Waals surface area contributed by atoms with Gasteiger partial charge in [-0.05, 0) is 29.8 Å². The van der Waals surface area contributed by atoms with Crippen molar-refractivity contribution in [2.24, 2.45) is 0 Å². The fourth-order valence-electron chi connectivity index (χ4n) is 2.99. The Hall–Kier alpha value is -2.87. The third kappa shape index (κ3) is 4.42. The molecule has 1 unspecified atom stereocenters. The summed E-state index contributed by atoms with van der Waals surface area (Å²) in [5, 5.41) is 13.0. The van der Waals surface area contributed by atoms with Gasteiger partial charge in [-0.1, -0.05) is 41.4 Å². The summed E-state index contributed by atoms with van der Waals surface area (Å²) in [6, 6.07) is 11.2. The number of hydrogen-bond donors (Lipinski definition) is 3. The summed E-state index contributed by atoms with van der Waals surface area (Å²) in [6.07, 6.45) is -0.924. The molecule has 0 aliphatic heterocycles. The first-order valence-electron chi connectivity index (χ1n) is 8.45. The highest BCUT2D eigenvalue weighted by atomic mass is 35.5. The number of pyridine rings is 1. The van der Waals surface area contributed by atoms with Crippen LogP contribution in [-0.2, 0) is 16.1 Å². The third-order valence-electron chi connectivity index (χ3n) is 4.34. The lowest BCUT2D eigenvalue weighted by atomic mass is 10.1. The molecule has 0 radical (unpaired) electrons. The maximum atomic E-state index is 12.7. The van der Waals surface area contributed by atoms with E-state index < -0.39 is 29.1 Å². The second kappa shape index (κ2) is 8.65. The Morgan fingerprint density at radius 3 is 2.59 bits per heavy atom. The monoisotopic (exact) mass is 434 g/mol. The molecule has 1 amide bonds. The van der Waals surface area contributed by atoms with Crippen LogP contribution >= 0.6 is 23.2 Å². The largest absolute Gasteiger partial charge is 0.477 e. The van der Waals surface area contributed by atoms with Gasteiger partial charge in [-0.25, -0.2) is 4.79 Å². The lowest BCUT2D eigenvalue weighted by Gasteiger charge is -2.17. The summed E-state index contributed by atoms with van der Waals surface area (Å²) in [5.41, 5.74) is 0.281. The second-order valence-electron chi connectivity index (χ2n) is 6.20. The van der Waals surface area contributed by atoms with Crippen molar-refractivity contribution in [3.8, 4) is 0 Å². The summed E-state index contributed by atoms with van der Waals surface area (Å²) in [4.78, 5) is 38.4. The van der Waals surface area contributed by atoms with E-state index in [0.717, 1.165) is 0 Å². The predicted octanol–water partition coefficient (Wildman–Crippen LogP) is 3.54. The molecule has 7 nitrogen and oxygen atoms in total. The molecule has 0 aliphatic carbocycles. The Labute approximate surface area is 175 Å². The Morgan fingerprint density at radius 2 is 1.93 bits per heavy atom. The maximum absolute atomic E-state index is 12.7. The van der Waals surface area contributed by atoms with E-state index in [-0.39, 0.29) is 6.54 Å². The van der Waals surface area contributed by atoms with Gasteiger partial charge in [0.05, 0.1) is 5.52 Å². The number of aromatic carboxylic acids is 1. The van der Waals surface area contributed by atoms with Crippen molar-refractivity contribution in [1.82, 2.24) is 10.3 Å². The van der Waals surface area contributed by atoms with Crippen LogP contribution in [0.2, 0.25) is 10.0 Å². The van der Waals surface area contributed by atoms with Crippen molar-refractivity contribution in [1.29, 1.82) is 0 Å². The van der Waals surface area contributed by atoms with Crippen LogP contribution in [0.25, 0.3) is 10.9 Å². The number of amides is 1. The number of aromatic amines is 1. The first kappa shape index (κ1) is 20.9. The molecule has 2 aromatic carbocycles. The second-order valence-corrected chi connectivity index (χ2v) is 7.05. The molecule has 0 fully saturated rings. The van der Waals surface area contributed by atoms with E-state index in [1.165, 1.54) is 19.2 Å². The molecule has 3 aromatic rings. The zero-order chi connectivity index (χ0) is 21.1. The van der Waals surface area contributed by atoms with Crippen molar-refractivity contribution >= 4 is 46.0 Å². The van der Waals surface area contributed by atoms with Crippen molar-refractivity contribution < 1.29 is 19.4 Å². The average Bonchev–Trinajstić information content (AvgIpc) is 2.68. The number of carboxylic acids is 1. The minimum Gasteiger partial charge on any atom is -0.477 e. The molecule has 0 bridgehead atoms. The minimum atomic E-state index is -1.34. The molecule has 0 aliphatic rings. The van der Waals surface area contributed by atoms with Gasteiger partial charge in [0.1, 0.15) is 5.56 Å². The Morgan fingerprint density at radius 1 is 1.21 bits per heavy atom. The zero-order valence-electron chi connectivity index (χ0n) is 15.2. The number of fused-ring (bicyclic) bond motifs is 1. The van der Waals surface area contributed by atoms with E-state index >= 15 is 0 Å². The maximum Gasteiger partial charge on any atom is 0.341 e. The van der Waals surface area contributed by atoms with Crippen LogP contribution in [0.5, 0.6) is 0 Å². The first-order chi connectivity index (χ1) is 13.8. The van der Waals surface area contributed by atoms with Crippen molar-refractivity contribution in [2.75, 3.05) is 7.11 Å². The summed E-state index contributed by atoms with van der Waals surface area (Å²) in [7, 11) is 1.40. The van der Waals surface area contributed by atoms with Crippen LogP contribution in [0, 0.1) is 0 Å². The number of H-pyrrole nitrogens is 1. The molecule has 1 aromatic heterocycles. The van der Waals surface area contributed by atoms with E-state index in [1.54, 1.807) is 30.3 Å². The van der Waals surface area contributed by atoms with Gasteiger partial charge >= 0.3 is 5.97 Å². The summed E-state index contributed by atoms with van der Waals surface area (Å²) in [6.45, 7) is 0.0303. The minimum absolute atomic E-state index is 0.0303. The lowest BCUT2D eigenvalue weighted by molar-refractivity contribution is -0.131. The number of nitrogens with one attached hydrogen (secondary N) is 2. The number of carbonyl (C=O) groups is 2. The van der Waals surface area contributed by atoms with Gasteiger partial charge in [-0.3, -0.25) is 9.59 Å². The highest BCUT2D eigenvalue weighted by Crippen LogP contribution is 2.26. The van der Waals surface area contributed by atoms with Gasteiger partial charge in [0.2, 0.25) is 0 Å². The molecule has 29 heavy (non-hydrogen) atoms. The van der Waals surface area contributed by atoms with E-state index in [1.807, 2.05) is 0 Å². The zero-order valence-corrected chi connectivity index (χ0v) is 16.7. The van der Waals surface area contributed by atoms with Crippen LogP contribution < -0.4 is 10.9 Å². The van der Waals surface area contributed by atoms with Gasteiger partial charge in [0.15, 0.2) is 6.10 Å². The Balaban J connectivity index is 1.91. The van der Waals surface area contributed by atoms with Crippen molar-refractivity contribution in [3.63, 3.8) is 0 Å². The van der Waals surface area contributed by atoms with Crippen LogP contribution in [0.15, 0.2) is 47.3 Å². The smallest absolute Gasteiger partial charge is 0.341 e. The first-order valence-corrected chi connectivity index (χ1v) is 9.21. The Bertz CT molecular complexity index is 1160. The third-order valence-corrected chi connectivity index (χ3v) is 4.91. The normalized spacial score (nSPS) is 12.0.